The Balaban J connectivity index is 2.19. The molecule has 1 aliphatic rings. The maximum atomic E-state index is 13.4. The Morgan fingerprint density at radius 3 is 1.93 bits per heavy atom. The minimum atomic E-state index is -2.16. The topological polar surface area (TPSA) is 35.5 Å². The normalized spacial score (nSPS) is 24.6. The SMILES string of the molecule is CCOC(=O)[C@]1(c2ccccc2)C[C@]1(O[Si](C)(C)C(C)(C)C)c1ccccc1. The van der Waals surface area contributed by atoms with Crippen molar-refractivity contribution in [2.75, 3.05) is 6.61 Å². The van der Waals surface area contributed by atoms with E-state index in [9.17, 15) is 4.79 Å². The summed E-state index contributed by atoms with van der Waals surface area (Å²) >= 11 is 0. The highest BCUT2D eigenvalue weighted by Crippen LogP contribution is 2.68. The molecule has 2 aromatic rings. The van der Waals surface area contributed by atoms with Crippen LogP contribution >= 0.6 is 0 Å². The fourth-order valence-electron chi connectivity index (χ4n) is 3.82. The summed E-state index contributed by atoms with van der Waals surface area (Å²) in [6, 6.07) is 20.2. The van der Waals surface area contributed by atoms with Crippen LogP contribution in [0.5, 0.6) is 0 Å². The summed E-state index contributed by atoms with van der Waals surface area (Å²) < 4.78 is 12.7. The van der Waals surface area contributed by atoms with E-state index >= 15 is 0 Å². The molecule has 1 fully saturated rings. The number of hydrogen-bond acceptors (Lipinski definition) is 3. The highest BCUT2D eigenvalue weighted by molar-refractivity contribution is 6.74. The summed E-state index contributed by atoms with van der Waals surface area (Å²) in [5, 5.41) is 0.0362. The summed E-state index contributed by atoms with van der Waals surface area (Å²) in [6.45, 7) is 13.4. The van der Waals surface area contributed by atoms with Crippen LogP contribution in [0.15, 0.2) is 60.7 Å². The summed E-state index contributed by atoms with van der Waals surface area (Å²) in [7, 11) is -2.16. The predicted molar refractivity (Wildman–Crippen MR) is 116 cm³/mol. The molecular formula is C24H32O3Si. The molecule has 4 heteroatoms. The first-order valence-electron chi connectivity index (χ1n) is 10.1. The van der Waals surface area contributed by atoms with Gasteiger partial charge in [0, 0.05) is 6.42 Å². The number of rotatable bonds is 6. The van der Waals surface area contributed by atoms with Gasteiger partial charge in [-0.2, -0.15) is 0 Å². The second kappa shape index (κ2) is 7.16. The molecule has 0 amide bonds. The lowest BCUT2D eigenvalue weighted by Gasteiger charge is -2.41. The van der Waals surface area contributed by atoms with E-state index in [0.717, 1.165) is 11.1 Å². The van der Waals surface area contributed by atoms with Gasteiger partial charge < -0.3 is 9.16 Å². The minimum Gasteiger partial charge on any atom is -0.465 e. The van der Waals surface area contributed by atoms with Gasteiger partial charge in [0.05, 0.1) is 6.61 Å². The van der Waals surface area contributed by atoms with Crippen molar-refractivity contribution in [1.82, 2.24) is 0 Å². The Morgan fingerprint density at radius 2 is 1.46 bits per heavy atom. The van der Waals surface area contributed by atoms with Crippen LogP contribution in [0.4, 0.5) is 0 Å². The Bertz CT molecular complexity index is 826. The first-order valence-corrected chi connectivity index (χ1v) is 13.0. The van der Waals surface area contributed by atoms with Crippen molar-refractivity contribution in [1.29, 1.82) is 0 Å². The van der Waals surface area contributed by atoms with Crippen LogP contribution in [0, 0.1) is 0 Å². The van der Waals surface area contributed by atoms with Gasteiger partial charge in [0.2, 0.25) is 0 Å². The third-order valence-corrected chi connectivity index (χ3v) is 10.9. The lowest BCUT2D eigenvalue weighted by atomic mass is 9.88. The largest absolute Gasteiger partial charge is 0.465 e. The van der Waals surface area contributed by atoms with Gasteiger partial charge in [-0.25, -0.2) is 0 Å². The van der Waals surface area contributed by atoms with Crippen molar-refractivity contribution >= 4 is 14.3 Å². The van der Waals surface area contributed by atoms with Crippen LogP contribution in [0.1, 0.15) is 45.2 Å². The molecule has 150 valence electrons. The fourth-order valence-corrected chi connectivity index (χ4v) is 5.36. The van der Waals surface area contributed by atoms with Crippen molar-refractivity contribution in [3.8, 4) is 0 Å². The second-order valence-electron chi connectivity index (χ2n) is 9.22. The van der Waals surface area contributed by atoms with E-state index in [1.165, 1.54) is 0 Å². The summed E-state index contributed by atoms with van der Waals surface area (Å²) in [5.74, 6) is -0.191. The van der Waals surface area contributed by atoms with Gasteiger partial charge in [-0.05, 0) is 36.2 Å². The number of ether oxygens (including phenoxy) is 1. The standard InChI is InChI=1S/C24H32O3Si/c1-7-26-21(25)23(19-14-10-8-11-15-19)18-24(23,20-16-12-9-13-17-20)27-28(5,6)22(2,3)4/h8-17H,7,18H2,1-6H3/t23-,24+/m1/s1. The lowest BCUT2D eigenvalue weighted by molar-refractivity contribution is -0.148. The van der Waals surface area contributed by atoms with E-state index in [1.54, 1.807) is 0 Å². The van der Waals surface area contributed by atoms with Gasteiger partial charge >= 0.3 is 5.97 Å². The molecule has 0 radical (unpaired) electrons. The molecule has 0 aliphatic heterocycles. The van der Waals surface area contributed by atoms with Gasteiger partial charge in [0.25, 0.3) is 0 Å². The molecule has 2 aromatic carbocycles. The molecule has 3 nitrogen and oxygen atoms in total. The van der Waals surface area contributed by atoms with Crippen LogP contribution in [0.2, 0.25) is 18.1 Å². The number of benzene rings is 2. The predicted octanol–water partition coefficient (Wildman–Crippen LogP) is 5.81. The monoisotopic (exact) mass is 396 g/mol. The maximum absolute atomic E-state index is 13.4. The first-order chi connectivity index (χ1) is 13.1. The Labute approximate surface area is 170 Å². The number of hydrogen-bond donors (Lipinski definition) is 0. The molecule has 28 heavy (non-hydrogen) atoms. The zero-order valence-corrected chi connectivity index (χ0v) is 18.9. The highest BCUT2D eigenvalue weighted by atomic mass is 28.4. The van der Waals surface area contributed by atoms with Crippen molar-refractivity contribution in [3.05, 3.63) is 71.8 Å². The molecular weight excluding hydrogens is 364 g/mol. The molecule has 0 N–H and O–H groups in total. The molecule has 3 rings (SSSR count). The van der Waals surface area contributed by atoms with E-state index in [-0.39, 0.29) is 11.0 Å². The lowest BCUT2D eigenvalue weighted by Crippen LogP contribution is -2.47. The molecule has 1 aliphatic carbocycles. The summed E-state index contributed by atoms with van der Waals surface area (Å²) in [4.78, 5) is 13.4. The Hall–Kier alpha value is -1.91. The molecule has 0 heterocycles. The third kappa shape index (κ3) is 3.23. The average molecular weight is 397 g/mol. The smallest absolute Gasteiger partial charge is 0.319 e. The van der Waals surface area contributed by atoms with Crippen LogP contribution in [-0.2, 0) is 25.0 Å². The van der Waals surface area contributed by atoms with Gasteiger partial charge in [-0.3, -0.25) is 4.79 Å². The van der Waals surface area contributed by atoms with E-state index in [4.69, 9.17) is 9.16 Å². The van der Waals surface area contributed by atoms with Crippen LogP contribution in [0.3, 0.4) is 0 Å². The van der Waals surface area contributed by atoms with Crippen molar-refractivity contribution in [2.24, 2.45) is 0 Å². The quantitative estimate of drug-likeness (QED) is 0.457. The third-order valence-electron chi connectivity index (χ3n) is 6.44. The van der Waals surface area contributed by atoms with E-state index in [0.29, 0.717) is 13.0 Å². The average Bonchev–Trinajstić information content (AvgIpc) is 3.33. The van der Waals surface area contributed by atoms with Crippen molar-refractivity contribution in [2.45, 2.75) is 63.3 Å². The molecule has 1 saturated carbocycles. The molecule has 2 atom stereocenters. The maximum Gasteiger partial charge on any atom is 0.319 e. The van der Waals surface area contributed by atoms with Crippen LogP contribution < -0.4 is 0 Å². The van der Waals surface area contributed by atoms with Crippen molar-refractivity contribution < 1.29 is 14.0 Å². The Kier molecular flexibility index (Phi) is 5.32. The number of carbonyl (C=O) groups excluding carboxylic acids is 1. The molecule has 0 bridgehead atoms. The van der Waals surface area contributed by atoms with Crippen LogP contribution in [0.25, 0.3) is 0 Å². The van der Waals surface area contributed by atoms with Crippen LogP contribution in [-0.4, -0.2) is 20.9 Å². The fraction of sp³-hybridized carbons (Fsp3) is 0.458. The molecule has 0 saturated heterocycles. The van der Waals surface area contributed by atoms with E-state index in [2.05, 4.69) is 46.0 Å². The molecule has 0 spiro atoms. The highest BCUT2D eigenvalue weighted by Gasteiger charge is 2.77. The van der Waals surface area contributed by atoms with E-state index in [1.807, 2.05) is 55.5 Å². The Morgan fingerprint density at radius 1 is 0.964 bits per heavy atom. The minimum absolute atomic E-state index is 0.0362. The van der Waals surface area contributed by atoms with Gasteiger partial charge in [0.1, 0.15) is 11.0 Å². The number of esters is 1. The van der Waals surface area contributed by atoms with Gasteiger partial charge in [-0.15, -0.1) is 0 Å². The molecule has 0 unspecified atom stereocenters. The summed E-state index contributed by atoms with van der Waals surface area (Å²) in [5.41, 5.74) is 0.527. The number of carbonyl (C=O) groups is 1. The first kappa shape index (κ1) is 20.8. The van der Waals surface area contributed by atoms with Gasteiger partial charge in [0.15, 0.2) is 8.32 Å². The summed E-state index contributed by atoms with van der Waals surface area (Å²) in [6.07, 6.45) is 0.610. The van der Waals surface area contributed by atoms with Crippen molar-refractivity contribution in [3.63, 3.8) is 0 Å². The second-order valence-corrected chi connectivity index (χ2v) is 13.9. The zero-order valence-electron chi connectivity index (χ0n) is 17.9. The van der Waals surface area contributed by atoms with E-state index < -0.39 is 19.3 Å². The molecule has 0 aromatic heterocycles. The van der Waals surface area contributed by atoms with Gasteiger partial charge in [-0.1, -0.05) is 81.4 Å². The zero-order chi connectivity index (χ0) is 20.6.